The molecule has 0 aliphatic rings. The van der Waals surface area contributed by atoms with E-state index in [2.05, 4.69) is 233 Å². The van der Waals surface area contributed by atoms with E-state index in [1.54, 1.807) is 0 Å². The lowest BCUT2D eigenvalue weighted by Gasteiger charge is -2.26. The Kier molecular flexibility index (Phi) is 8.76. The molecule has 10 rings (SSSR count). The number of benzene rings is 8. The molecule has 0 spiro atoms. The maximum atomic E-state index is 2.54. The predicted molar refractivity (Wildman–Crippen MR) is 255 cm³/mol. The summed E-state index contributed by atoms with van der Waals surface area (Å²) < 4.78 is 2.54. The second-order valence-corrected chi connectivity index (χ2v) is 17.9. The molecule has 0 aliphatic heterocycles. The smallest absolute Gasteiger partial charge is 0.0627 e. The van der Waals surface area contributed by atoms with Gasteiger partial charge in [0.15, 0.2) is 0 Å². The average molecular weight is 766 g/mol. The minimum atomic E-state index is 0.00391. The van der Waals surface area contributed by atoms with Gasteiger partial charge in [-0.15, -0.1) is 0 Å². The van der Waals surface area contributed by atoms with E-state index in [4.69, 9.17) is 0 Å². The molecule has 2 aromatic heterocycles. The summed E-state index contributed by atoms with van der Waals surface area (Å²) in [7, 11) is 0. The quantitative estimate of drug-likeness (QED) is 0.153. The molecule has 10 aromatic rings. The van der Waals surface area contributed by atoms with Crippen molar-refractivity contribution in [1.29, 1.82) is 0 Å². The van der Waals surface area contributed by atoms with Crippen LogP contribution < -0.4 is 9.80 Å². The highest BCUT2D eigenvalue weighted by Gasteiger charge is 2.25. The number of nitrogens with zero attached hydrogens (tertiary/aromatic N) is 3. The molecule has 2 heterocycles. The van der Waals surface area contributed by atoms with Crippen molar-refractivity contribution < 1.29 is 0 Å². The number of rotatable bonds is 8. The van der Waals surface area contributed by atoms with Gasteiger partial charge in [0.25, 0.3) is 0 Å². The number of hydrogen-bond acceptors (Lipinski definition) is 2. The van der Waals surface area contributed by atoms with Crippen molar-refractivity contribution in [2.24, 2.45) is 0 Å². The highest BCUT2D eigenvalue weighted by molar-refractivity contribution is 6.31. The normalized spacial score (nSPS) is 12.3. The van der Waals surface area contributed by atoms with Gasteiger partial charge in [0, 0.05) is 55.7 Å². The lowest BCUT2D eigenvalue weighted by Crippen LogP contribution is -2.10. The van der Waals surface area contributed by atoms with Gasteiger partial charge in [-0.2, -0.15) is 0 Å². The Labute approximate surface area is 348 Å². The summed E-state index contributed by atoms with van der Waals surface area (Å²) in [5.41, 5.74) is 14.6. The summed E-state index contributed by atoms with van der Waals surface area (Å²) in [5.74, 6) is 0.945. The fraction of sp³-hybridized carbons (Fsp3) is 0.179. The molecule has 0 radical (unpaired) electrons. The average Bonchev–Trinajstić information content (AvgIpc) is 3.76. The van der Waals surface area contributed by atoms with Crippen molar-refractivity contribution >= 4 is 83.0 Å². The van der Waals surface area contributed by atoms with Crippen LogP contribution >= 0.6 is 0 Å². The van der Waals surface area contributed by atoms with Gasteiger partial charge in [-0.3, -0.25) is 0 Å². The van der Waals surface area contributed by atoms with Gasteiger partial charge in [0.2, 0.25) is 0 Å². The molecule has 0 saturated heterocycles. The number of para-hydroxylation sites is 2. The summed E-state index contributed by atoms with van der Waals surface area (Å²) in [6, 6.07) is 63.4. The second-order valence-electron chi connectivity index (χ2n) is 17.9. The number of anilines is 6. The molecule has 0 fully saturated rings. The van der Waals surface area contributed by atoms with Gasteiger partial charge in [-0.1, -0.05) is 127 Å². The van der Waals surface area contributed by atoms with Crippen LogP contribution in [0.3, 0.4) is 0 Å². The Bertz CT molecular complexity index is 3110. The molecule has 8 aromatic carbocycles. The van der Waals surface area contributed by atoms with E-state index in [-0.39, 0.29) is 5.41 Å². The zero-order chi connectivity index (χ0) is 40.6. The van der Waals surface area contributed by atoms with Crippen LogP contribution in [-0.2, 0) is 5.41 Å². The zero-order valence-corrected chi connectivity index (χ0v) is 35.2. The van der Waals surface area contributed by atoms with Crippen molar-refractivity contribution in [3.63, 3.8) is 0 Å². The number of fused-ring (bicyclic) bond motifs is 8. The molecule has 59 heavy (non-hydrogen) atoms. The van der Waals surface area contributed by atoms with E-state index < -0.39 is 0 Å². The highest BCUT2D eigenvalue weighted by atomic mass is 15.1. The van der Waals surface area contributed by atoms with Crippen LogP contribution in [0.5, 0.6) is 0 Å². The molecule has 0 N–H and O–H groups in total. The second kappa shape index (κ2) is 14.1. The van der Waals surface area contributed by atoms with Crippen LogP contribution in [0.25, 0.3) is 48.9 Å². The Morgan fingerprint density at radius 1 is 0.407 bits per heavy atom. The van der Waals surface area contributed by atoms with Gasteiger partial charge >= 0.3 is 0 Å². The third-order valence-corrected chi connectivity index (χ3v) is 12.4. The molecule has 0 saturated carbocycles. The molecule has 3 heteroatoms. The van der Waals surface area contributed by atoms with E-state index in [9.17, 15) is 0 Å². The van der Waals surface area contributed by atoms with E-state index in [1.807, 2.05) is 0 Å². The Morgan fingerprint density at radius 3 is 1.46 bits per heavy atom. The zero-order valence-electron chi connectivity index (χ0n) is 35.2. The minimum absolute atomic E-state index is 0.00391. The fourth-order valence-electron chi connectivity index (χ4n) is 9.13. The van der Waals surface area contributed by atoms with Gasteiger partial charge in [-0.05, 0) is 136 Å². The fourth-order valence-corrected chi connectivity index (χ4v) is 9.13. The van der Waals surface area contributed by atoms with E-state index in [1.165, 1.54) is 65.6 Å². The largest absolute Gasteiger partial charge is 0.310 e. The minimum Gasteiger partial charge on any atom is -0.310 e. The van der Waals surface area contributed by atoms with Crippen molar-refractivity contribution in [2.45, 2.75) is 65.7 Å². The maximum Gasteiger partial charge on any atom is 0.0627 e. The van der Waals surface area contributed by atoms with Gasteiger partial charge in [0.1, 0.15) is 0 Å². The molecule has 3 nitrogen and oxygen atoms in total. The molecule has 0 amide bonds. The topological polar surface area (TPSA) is 10.9 Å². The van der Waals surface area contributed by atoms with Crippen molar-refractivity contribution in [3.05, 3.63) is 187 Å². The van der Waals surface area contributed by atoms with Gasteiger partial charge in [0.05, 0.1) is 16.6 Å². The molecule has 0 atom stereocenters. The first-order chi connectivity index (χ1) is 28.5. The van der Waals surface area contributed by atoms with Crippen molar-refractivity contribution in [3.8, 4) is 0 Å². The Balaban J connectivity index is 1.24. The lowest BCUT2D eigenvalue weighted by molar-refractivity contribution is 0.591. The van der Waals surface area contributed by atoms with Gasteiger partial charge < -0.3 is 14.2 Å². The molecule has 0 unspecified atom stereocenters. The molecule has 0 aliphatic carbocycles. The van der Waals surface area contributed by atoms with Crippen molar-refractivity contribution in [2.75, 3.05) is 9.80 Å². The highest BCUT2D eigenvalue weighted by Crippen LogP contribution is 2.47. The first-order valence-corrected chi connectivity index (χ1v) is 21.2. The monoisotopic (exact) mass is 765 g/mol. The number of aromatic nitrogens is 1. The molecular formula is C56H51N3. The molecular weight excluding hydrogens is 715 g/mol. The summed E-state index contributed by atoms with van der Waals surface area (Å²) in [6.07, 6.45) is 0. The van der Waals surface area contributed by atoms with E-state index in [0.717, 1.165) is 34.1 Å². The first kappa shape index (κ1) is 36.7. The summed E-state index contributed by atoms with van der Waals surface area (Å²) in [5, 5.41) is 7.66. The van der Waals surface area contributed by atoms with E-state index in [0.29, 0.717) is 11.8 Å². The third kappa shape index (κ3) is 6.19. The SMILES string of the molecule is CC(C)c1ccc(N(c2ccccc2)c2ccc3cc4c5ccc(N(c6ccccc6)c6ccc(C(C)C)cc6)cc5n5c6ccc(C(C)(C)C)cc6c(c3c2)c45)cc1. The Hall–Kier alpha value is -6.58. The summed E-state index contributed by atoms with van der Waals surface area (Å²) in [4.78, 5) is 4.79. The van der Waals surface area contributed by atoms with Crippen LogP contribution in [0.4, 0.5) is 34.1 Å². The van der Waals surface area contributed by atoms with Crippen LogP contribution in [0.2, 0.25) is 0 Å². The first-order valence-electron chi connectivity index (χ1n) is 21.2. The Morgan fingerprint density at radius 2 is 0.915 bits per heavy atom. The molecule has 290 valence electrons. The number of hydrogen-bond donors (Lipinski definition) is 0. The molecule has 0 bridgehead atoms. The van der Waals surface area contributed by atoms with Gasteiger partial charge in [-0.25, -0.2) is 0 Å². The van der Waals surface area contributed by atoms with Crippen molar-refractivity contribution in [1.82, 2.24) is 4.40 Å². The van der Waals surface area contributed by atoms with E-state index >= 15 is 0 Å². The van der Waals surface area contributed by atoms with Crippen LogP contribution in [0.15, 0.2) is 170 Å². The standard InChI is InChI=1S/C56H51N3/c1-36(2)38-18-24-44(25-19-38)57(42-14-10-8-11-15-42)46-28-22-40-32-50-48-30-29-47(58(43-16-12-9-13-17-43)45-26-20-39(21-27-45)37(3)4)35-53(48)59-52-31-23-41(56(5,6)7)33-51(52)54(55(50)59)49(40)34-46/h8-37H,1-7H3. The van der Waals surface area contributed by atoms with Crippen LogP contribution in [0, 0.1) is 0 Å². The lowest BCUT2D eigenvalue weighted by atomic mass is 9.86. The van der Waals surface area contributed by atoms with Crippen LogP contribution in [0.1, 0.15) is 77.0 Å². The maximum absolute atomic E-state index is 2.54. The summed E-state index contributed by atoms with van der Waals surface area (Å²) in [6.45, 7) is 16.0. The third-order valence-electron chi connectivity index (χ3n) is 12.4. The summed E-state index contributed by atoms with van der Waals surface area (Å²) >= 11 is 0. The van der Waals surface area contributed by atoms with Crippen LogP contribution in [-0.4, -0.2) is 4.40 Å². The predicted octanol–water partition coefficient (Wildman–Crippen LogP) is 16.5.